The molecule has 0 amide bonds. The second kappa shape index (κ2) is 6.83. The molecular formula is C14H18F2N2OS. The molecule has 1 aliphatic rings. The summed E-state index contributed by atoms with van der Waals surface area (Å²) in [7, 11) is 0. The normalized spacial score (nSPS) is 15.9. The maximum atomic E-state index is 13.2. The summed E-state index contributed by atoms with van der Waals surface area (Å²) in [4.78, 5) is 0. The van der Waals surface area contributed by atoms with Crippen molar-refractivity contribution in [1.82, 2.24) is 5.32 Å². The SMILES string of the molecule is Oc1c(NC(=S)NCC2CCCCC2)ccc(F)c1F. The van der Waals surface area contributed by atoms with Gasteiger partial charge in [0.25, 0.3) is 0 Å². The van der Waals surface area contributed by atoms with Gasteiger partial charge in [0.2, 0.25) is 5.82 Å². The minimum absolute atomic E-state index is 0.0602. The van der Waals surface area contributed by atoms with Crippen molar-refractivity contribution in [3.63, 3.8) is 0 Å². The fraction of sp³-hybridized carbons (Fsp3) is 0.500. The van der Waals surface area contributed by atoms with Gasteiger partial charge >= 0.3 is 0 Å². The number of rotatable bonds is 3. The molecule has 0 aliphatic heterocycles. The number of phenolic OH excluding ortho intramolecular Hbond substituents is 1. The summed E-state index contributed by atoms with van der Waals surface area (Å²) < 4.78 is 26.1. The van der Waals surface area contributed by atoms with Gasteiger partial charge in [-0.25, -0.2) is 4.39 Å². The van der Waals surface area contributed by atoms with Crippen LogP contribution in [-0.2, 0) is 0 Å². The van der Waals surface area contributed by atoms with Crippen LogP contribution in [0, 0.1) is 17.6 Å². The third-order valence-electron chi connectivity index (χ3n) is 3.59. The molecule has 0 spiro atoms. The molecular weight excluding hydrogens is 282 g/mol. The highest BCUT2D eigenvalue weighted by atomic mass is 32.1. The van der Waals surface area contributed by atoms with Crippen LogP contribution >= 0.6 is 12.2 Å². The number of halogens is 2. The second-order valence-electron chi connectivity index (χ2n) is 5.10. The molecule has 0 bridgehead atoms. The zero-order valence-corrected chi connectivity index (χ0v) is 11.9. The lowest BCUT2D eigenvalue weighted by Gasteiger charge is -2.22. The number of thiocarbonyl (C=S) groups is 1. The highest BCUT2D eigenvalue weighted by molar-refractivity contribution is 7.80. The van der Waals surface area contributed by atoms with Gasteiger partial charge in [-0.05, 0) is 43.1 Å². The van der Waals surface area contributed by atoms with Crippen LogP contribution in [0.1, 0.15) is 32.1 Å². The van der Waals surface area contributed by atoms with Crippen LogP contribution in [0.25, 0.3) is 0 Å². The van der Waals surface area contributed by atoms with Crippen molar-refractivity contribution in [2.75, 3.05) is 11.9 Å². The minimum atomic E-state index is -1.27. The van der Waals surface area contributed by atoms with E-state index in [2.05, 4.69) is 10.6 Å². The van der Waals surface area contributed by atoms with Crippen LogP contribution in [0.4, 0.5) is 14.5 Å². The van der Waals surface area contributed by atoms with Gasteiger partial charge in [-0.2, -0.15) is 4.39 Å². The van der Waals surface area contributed by atoms with Crippen molar-refractivity contribution in [2.24, 2.45) is 5.92 Å². The van der Waals surface area contributed by atoms with E-state index >= 15 is 0 Å². The lowest BCUT2D eigenvalue weighted by Crippen LogP contribution is -2.33. The molecule has 1 aromatic rings. The van der Waals surface area contributed by atoms with E-state index in [0.717, 1.165) is 12.6 Å². The number of phenols is 1. The molecule has 0 atom stereocenters. The second-order valence-corrected chi connectivity index (χ2v) is 5.50. The molecule has 2 rings (SSSR count). The molecule has 0 saturated heterocycles. The van der Waals surface area contributed by atoms with Crippen LogP contribution in [0.5, 0.6) is 5.75 Å². The molecule has 20 heavy (non-hydrogen) atoms. The Hall–Kier alpha value is -1.43. The van der Waals surface area contributed by atoms with Gasteiger partial charge in [0.15, 0.2) is 16.7 Å². The van der Waals surface area contributed by atoms with E-state index in [0.29, 0.717) is 11.0 Å². The zero-order chi connectivity index (χ0) is 14.5. The molecule has 0 unspecified atom stereocenters. The zero-order valence-electron chi connectivity index (χ0n) is 11.1. The van der Waals surface area contributed by atoms with Crippen LogP contribution in [0.3, 0.4) is 0 Å². The van der Waals surface area contributed by atoms with Crippen molar-refractivity contribution in [3.8, 4) is 5.75 Å². The van der Waals surface area contributed by atoms with Crippen molar-refractivity contribution < 1.29 is 13.9 Å². The number of aromatic hydroxyl groups is 1. The van der Waals surface area contributed by atoms with Crippen molar-refractivity contribution >= 4 is 23.0 Å². The first-order chi connectivity index (χ1) is 9.58. The summed E-state index contributed by atoms with van der Waals surface area (Å²) in [5.74, 6) is -2.52. The lowest BCUT2D eigenvalue weighted by molar-refractivity contribution is 0.357. The van der Waals surface area contributed by atoms with Gasteiger partial charge in [-0.1, -0.05) is 19.3 Å². The van der Waals surface area contributed by atoms with Crippen molar-refractivity contribution in [2.45, 2.75) is 32.1 Å². The Morgan fingerprint density at radius 2 is 1.95 bits per heavy atom. The third-order valence-corrected chi connectivity index (χ3v) is 3.84. The smallest absolute Gasteiger partial charge is 0.202 e. The maximum Gasteiger partial charge on any atom is 0.202 e. The lowest BCUT2D eigenvalue weighted by atomic mass is 9.89. The number of nitrogens with one attached hydrogen (secondary N) is 2. The summed E-state index contributed by atoms with van der Waals surface area (Å²) in [6.07, 6.45) is 6.16. The Morgan fingerprint density at radius 1 is 1.25 bits per heavy atom. The van der Waals surface area contributed by atoms with Crippen LogP contribution < -0.4 is 10.6 Å². The Kier molecular flexibility index (Phi) is 5.11. The molecule has 0 aromatic heterocycles. The maximum absolute atomic E-state index is 13.2. The van der Waals surface area contributed by atoms with Gasteiger partial charge < -0.3 is 15.7 Å². The predicted octanol–water partition coefficient (Wildman–Crippen LogP) is 3.54. The molecule has 0 heterocycles. The standard InChI is InChI=1S/C14H18F2N2OS/c15-10-6-7-11(13(19)12(10)16)18-14(20)17-8-9-4-2-1-3-5-9/h6-7,9,19H,1-5,8H2,(H2,17,18,20). The topological polar surface area (TPSA) is 44.3 Å². The highest BCUT2D eigenvalue weighted by Gasteiger charge is 2.15. The fourth-order valence-electron chi connectivity index (χ4n) is 2.44. The average Bonchev–Trinajstić information content (AvgIpc) is 2.47. The monoisotopic (exact) mass is 300 g/mol. The van der Waals surface area contributed by atoms with E-state index < -0.39 is 17.4 Å². The summed E-state index contributed by atoms with van der Waals surface area (Å²) in [6, 6.07) is 2.20. The Bertz CT molecular complexity index is 490. The molecule has 3 nitrogen and oxygen atoms in total. The Balaban J connectivity index is 1.86. The van der Waals surface area contributed by atoms with E-state index in [9.17, 15) is 13.9 Å². The van der Waals surface area contributed by atoms with Crippen LogP contribution in [-0.4, -0.2) is 16.8 Å². The average molecular weight is 300 g/mol. The molecule has 110 valence electrons. The largest absolute Gasteiger partial charge is 0.503 e. The summed E-state index contributed by atoms with van der Waals surface area (Å²) in [5.41, 5.74) is 0.0602. The molecule has 1 fully saturated rings. The first-order valence-corrected chi connectivity index (χ1v) is 7.20. The number of hydrogen-bond donors (Lipinski definition) is 3. The predicted molar refractivity (Wildman–Crippen MR) is 78.8 cm³/mol. The van der Waals surface area contributed by atoms with E-state index in [1.54, 1.807) is 0 Å². The van der Waals surface area contributed by atoms with E-state index in [-0.39, 0.29) is 5.69 Å². The Morgan fingerprint density at radius 3 is 2.65 bits per heavy atom. The molecule has 6 heteroatoms. The van der Waals surface area contributed by atoms with E-state index in [1.807, 2.05) is 0 Å². The Labute approximate surface area is 122 Å². The van der Waals surface area contributed by atoms with Gasteiger partial charge in [0.1, 0.15) is 0 Å². The first kappa shape index (κ1) is 15.0. The number of hydrogen-bond acceptors (Lipinski definition) is 2. The number of anilines is 1. The molecule has 1 saturated carbocycles. The molecule has 1 aromatic carbocycles. The van der Waals surface area contributed by atoms with Gasteiger partial charge in [-0.15, -0.1) is 0 Å². The molecule has 1 aliphatic carbocycles. The fourth-order valence-corrected chi connectivity index (χ4v) is 2.63. The van der Waals surface area contributed by atoms with E-state index in [1.165, 1.54) is 38.2 Å². The van der Waals surface area contributed by atoms with Crippen molar-refractivity contribution in [3.05, 3.63) is 23.8 Å². The summed E-state index contributed by atoms with van der Waals surface area (Å²) in [5, 5.41) is 15.5. The molecule has 0 radical (unpaired) electrons. The molecule has 3 N–H and O–H groups in total. The minimum Gasteiger partial charge on any atom is -0.503 e. The van der Waals surface area contributed by atoms with Gasteiger partial charge in [0, 0.05) is 6.54 Å². The number of benzene rings is 1. The van der Waals surface area contributed by atoms with E-state index in [4.69, 9.17) is 12.2 Å². The third kappa shape index (κ3) is 3.79. The van der Waals surface area contributed by atoms with Gasteiger partial charge in [-0.3, -0.25) is 0 Å². The highest BCUT2D eigenvalue weighted by Crippen LogP contribution is 2.28. The van der Waals surface area contributed by atoms with Crippen LogP contribution in [0.2, 0.25) is 0 Å². The summed E-state index contributed by atoms with van der Waals surface area (Å²) >= 11 is 5.09. The summed E-state index contributed by atoms with van der Waals surface area (Å²) in [6.45, 7) is 0.760. The van der Waals surface area contributed by atoms with Gasteiger partial charge in [0.05, 0.1) is 5.69 Å². The van der Waals surface area contributed by atoms with Crippen molar-refractivity contribution in [1.29, 1.82) is 0 Å². The quantitative estimate of drug-likeness (QED) is 0.590. The first-order valence-electron chi connectivity index (χ1n) is 6.79. The van der Waals surface area contributed by atoms with Crippen LogP contribution in [0.15, 0.2) is 12.1 Å².